The van der Waals surface area contributed by atoms with Gasteiger partial charge in [-0.3, -0.25) is 0 Å². The van der Waals surface area contributed by atoms with Crippen LogP contribution in [-0.4, -0.2) is 0 Å². The number of benzene rings is 2. The first kappa shape index (κ1) is 14.3. The van der Waals surface area contributed by atoms with E-state index in [0.717, 1.165) is 0 Å². The molecular weight excluding hydrogens is 312 g/mol. The third kappa shape index (κ3) is 3.44. The number of nitrogens with two attached hydrogens (primary N) is 1. The van der Waals surface area contributed by atoms with Gasteiger partial charge >= 0.3 is 0 Å². The Hall–Kier alpha value is -1.16. The highest BCUT2D eigenvalue weighted by Gasteiger charge is 2.10. The Balaban J connectivity index is 2.19. The highest BCUT2D eigenvalue weighted by molar-refractivity contribution is 6.40. The van der Waals surface area contributed by atoms with Crippen molar-refractivity contribution in [1.82, 2.24) is 0 Å². The molecule has 0 spiro atoms. The summed E-state index contributed by atoms with van der Waals surface area (Å²) in [5.41, 5.74) is 6.63. The zero-order chi connectivity index (χ0) is 14.0. The number of nitrogen functional groups attached to an aromatic ring is 1. The molecule has 2 rings (SSSR count). The zero-order valence-electron chi connectivity index (χ0n) is 9.59. The third-order valence-corrected chi connectivity index (χ3v) is 3.22. The number of hydrogen-bond donors (Lipinski definition) is 1. The molecule has 0 unspecified atom stereocenters. The van der Waals surface area contributed by atoms with Gasteiger partial charge in [0.25, 0.3) is 0 Å². The molecule has 0 aliphatic rings. The number of rotatable bonds is 3. The van der Waals surface area contributed by atoms with Crippen LogP contribution in [-0.2, 0) is 6.61 Å². The first-order chi connectivity index (χ1) is 8.97. The van der Waals surface area contributed by atoms with Gasteiger partial charge in [-0.2, -0.15) is 0 Å². The van der Waals surface area contributed by atoms with Crippen molar-refractivity contribution in [3.05, 3.63) is 56.8 Å². The van der Waals surface area contributed by atoms with E-state index < -0.39 is 5.82 Å². The minimum Gasteiger partial charge on any atom is -0.486 e. The second-order valence-electron chi connectivity index (χ2n) is 3.83. The van der Waals surface area contributed by atoms with Crippen LogP contribution >= 0.6 is 34.8 Å². The zero-order valence-corrected chi connectivity index (χ0v) is 11.9. The standard InChI is InChI=1S/C13H9Cl3FNO/c14-8-3-10(15)13(11(16)4-8)19-6-7-1-2-9(17)5-12(7)18/h1-5H,6,18H2. The highest BCUT2D eigenvalue weighted by atomic mass is 35.5. The van der Waals surface area contributed by atoms with Gasteiger partial charge in [0.1, 0.15) is 12.4 Å². The lowest BCUT2D eigenvalue weighted by Gasteiger charge is -2.11. The molecule has 6 heteroatoms. The molecule has 0 fully saturated rings. The van der Waals surface area contributed by atoms with Crippen LogP contribution in [0.15, 0.2) is 30.3 Å². The van der Waals surface area contributed by atoms with Crippen LogP contribution in [0.3, 0.4) is 0 Å². The van der Waals surface area contributed by atoms with Crippen LogP contribution in [0.1, 0.15) is 5.56 Å². The van der Waals surface area contributed by atoms with Crippen LogP contribution in [0, 0.1) is 5.82 Å². The molecule has 2 nitrogen and oxygen atoms in total. The number of hydrogen-bond acceptors (Lipinski definition) is 2. The van der Waals surface area contributed by atoms with E-state index in [9.17, 15) is 4.39 Å². The van der Waals surface area contributed by atoms with Crippen LogP contribution in [0.4, 0.5) is 10.1 Å². The van der Waals surface area contributed by atoms with Crippen LogP contribution in [0.2, 0.25) is 15.1 Å². The topological polar surface area (TPSA) is 35.2 Å². The van der Waals surface area contributed by atoms with Gasteiger partial charge in [-0.05, 0) is 24.3 Å². The summed E-state index contributed by atoms with van der Waals surface area (Å²) in [4.78, 5) is 0. The molecule has 2 aromatic carbocycles. The molecule has 0 saturated carbocycles. The summed E-state index contributed by atoms with van der Waals surface area (Å²) in [6.07, 6.45) is 0. The Morgan fingerprint density at radius 3 is 2.26 bits per heavy atom. The minimum atomic E-state index is -0.399. The third-order valence-electron chi connectivity index (χ3n) is 2.44. The molecular formula is C13H9Cl3FNO. The summed E-state index contributed by atoms with van der Waals surface area (Å²) in [7, 11) is 0. The Morgan fingerprint density at radius 1 is 1.05 bits per heavy atom. The average Bonchev–Trinajstić information content (AvgIpc) is 2.30. The maximum atomic E-state index is 12.9. The lowest BCUT2D eigenvalue weighted by Crippen LogP contribution is -2.01. The summed E-state index contributed by atoms with van der Waals surface area (Å²) in [5.74, 6) is -0.0831. The van der Waals surface area contributed by atoms with Crippen molar-refractivity contribution in [3.63, 3.8) is 0 Å². The van der Waals surface area contributed by atoms with Gasteiger partial charge in [0, 0.05) is 16.3 Å². The molecule has 0 saturated heterocycles. The van der Waals surface area contributed by atoms with Crippen LogP contribution in [0.25, 0.3) is 0 Å². The summed E-state index contributed by atoms with van der Waals surface area (Å²) in [6.45, 7) is 0.132. The first-order valence-corrected chi connectivity index (χ1v) is 6.42. The van der Waals surface area contributed by atoms with Gasteiger partial charge in [0.05, 0.1) is 10.0 Å². The van der Waals surface area contributed by atoms with Gasteiger partial charge in [0.2, 0.25) is 0 Å². The van der Waals surface area contributed by atoms with Crippen molar-refractivity contribution >= 4 is 40.5 Å². The normalized spacial score (nSPS) is 10.5. The van der Waals surface area contributed by atoms with Gasteiger partial charge in [-0.1, -0.05) is 40.9 Å². The van der Waals surface area contributed by atoms with Gasteiger partial charge in [-0.15, -0.1) is 0 Å². The molecule has 0 heterocycles. The van der Waals surface area contributed by atoms with Gasteiger partial charge in [-0.25, -0.2) is 4.39 Å². The van der Waals surface area contributed by atoms with E-state index in [1.807, 2.05) is 0 Å². The van der Waals surface area contributed by atoms with E-state index in [4.69, 9.17) is 45.3 Å². The first-order valence-electron chi connectivity index (χ1n) is 5.28. The quantitative estimate of drug-likeness (QED) is 0.812. The van der Waals surface area contributed by atoms with Crippen molar-refractivity contribution in [2.24, 2.45) is 0 Å². The molecule has 0 bridgehead atoms. The van der Waals surface area contributed by atoms with Crippen LogP contribution < -0.4 is 10.5 Å². The maximum absolute atomic E-state index is 12.9. The fraction of sp³-hybridized carbons (Fsp3) is 0.0769. The molecule has 100 valence electrons. The Bertz CT molecular complexity index is 596. The number of halogens is 4. The van der Waals surface area contributed by atoms with Crippen molar-refractivity contribution in [3.8, 4) is 5.75 Å². The summed E-state index contributed by atoms with van der Waals surface area (Å²) >= 11 is 17.8. The molecule has 0 aromatic heterocycles. The molecule has 2 aromatic rings. The fourth-order valence-corrected chi connectivity index (χ4v) is 2.44. The fourth-order valence-electron chi connectivity index (χ4n) is 1.51. The predicted octanol–water partition coefficient (Wildman–Crippen LogP) is 4.95. The maximum Gasteiger partial charge on any atom is 0.157 e. The van der Waals surface area contributed by atoms with Crippen molar-refractivity contribution in [1.29, 1.82) is 0 Å². The molecule has 0 atom stereocenters. The highest BCUT2D eigenvalue weighted by Crippen LogP contribution is 2.36. The average molecular weight is 321 g/mol. The number of ether oxygens (including phenoxy) is 1. The smallest absolute Gasteiger partial charge is 0.157 e. The van der Waals surface area contributed by atoms with Gasteiger partial charge in [0.15, 0.2) is 5.75 Å². The molecule has 0 aliphatic carbocycles. The summed E-state index contributed by atoms with van der Waals surface area (Å²) < 4.78 is 18.4. The van der Waals surface area contributed by atoms with E-state index in [2.05, 4.69) is 0 Å². The monoisotopic (exact) mass is 319 g/mol. The van der Waals surface area contributed by atoms with E-state index in [-0.39, 0.29) is 6.61 Å². The largest absolute Gasteiger partial charge is 0.486 e. The second kappa shape index (κ2) is 5.87. The second-order valence-corrected chi connectivity index (χ2v) is 5.08. The molecule has 19 heavy (non-hydrogen) atoms. The van der Waals surface area contributed by atoms with E-state index in [1.54, 1.807) is 6.07 Å². The summed E-state index contributed by atoms with van der Waals surface area (Å²) in [5, 5.41) is 1.03. The van der Waals surface area contributed by atoms with E-state index in [0.29, 0.717) is 32.1 Å². The molecule has 0 amide bonds. The molecule has 0 aliphatic heterocycles. The predicted molar refractivity (Wildman–Crippen MR) is 76.6 cm³/mol. The van der Waals surface area contributed by atoms with E-state index in [1.165, 1.54) is 24.3 Å². The minimum absolute atomic E-state index is 0.132. The number of anilines is 1. The SMILES string of the molecule is Nc1cc(F)ccc1COc1c(Cl)cc(Cl)cc1Cl. The van der Waals surface area contributed by atoms with Crippen molar-refractivity contribution in [2.75, 3.05) is 5.73 Å². The van der Waals surface area contributed by atoms with E-state index >= 15 is 0 Å². The van der Waals surface area contributed by atoms with Crippen LogP contribution in [0.5, 0.6) is 5.75 Å². The lowest BCUT2D eigenvalue weighted by molar-refractivity contribution is 0.307. The van der Waals surface area contributed by atoms with Gasteiger partial charge < -0.3 is 10.5 Å². The lowest BCUT2D eigenvalue weighted by atomic mass is 10.2. The Kier molecular flexibility index (Phi) is 4.40. The van der Waals surface area contributed by atoms with Crippen molar-refractivity contribution in [2.45, 2.75) is 6.61 Å². The van der Waals surface area contributed by atoms with Crippen molar-refractivity contribution < 1.29 is 9.13 Å². The Morgan fingerprint density at radius 2 is 1.68 bits per heavy atom. The molecule has 2 N–H and O–H groups in total. The molecule has 0 radical (unpaired) electrons. The summed E-state index contributed by atoms with van der Waals surface area (Å²) in [6, 6.07) is 7.13. The Labute approximate surface area is 124 Å².